The molecule has 1 saturated carbocycles. The molecule has 0 bridgehead atoms. The van der Waals surface area contributed by atoms with Gasteiger partial charge in [0.1, 0.15) is 5.01 Å². The van der Waals surface area contributed by atoms with Crippen LogP contribution in [0.5, 0.6) is 0 Å². The molecule has 2 aromatic heterocycles. The van der Waals surface area contributed by atoms with Crippen LogP contribution in [0.3, 0.4) is 0 Å². The van der Waals surface area contributed by atoms with Crippen molar-refractivity contribution in [2.45, 2.75) is 31.4 Å². The van der Waals surface area contributed by atoms with Gasteiger partial charge in [0.05, 0.1) is 10.6 Å². The fraction of sp³-hybridized carbons (Fsp3) is 0.545. The first kappa shape index (κ1) is 12.4. The van der Waals surface area contributed by atoms with Gasteiger partial charge >= 0.3 is 0 Å². The molecule has 4 nitrogen and oxygen atoms in total. The Morgan fingerprint density at radius 1 is 1.39 bits per heavy atom. The minimum atomic E-state index is 0.504. The van der Waals surface area contributed by atoms with Crippen molar-refractivity contribution >= 4 is 35.3 Å². The van der Waals surface area contributed by atoms with Gasteiger partial charge in [-0.3, -0.25) is 10.2 Å². The molecule has 1 aliphatic carbocycles. The van der Waals surface area contributed by atoms with Gasteiger partial charge in [-0.1, -0.05) is 6.92 Å². The molecule has 2 heterocycles. The number of rotatable bonds is 5. The second-order valence-corrected chi connectivity index (χ2v) is 6.99. The molecule has 0 amide bonds. The Kier molecular flexibility index (Phi) is 3.54. The van der Waals surface area contributed by atoms with Crippen molar-refractivity contribution in [3.63, 3.8) is 0 Å². The largest absolute Gasteiger partial charge is 0.281 e. The minimum Gasteiger partial charge on any atom is -0.281 e. The molecular formula is C11H14N4S3. The summed E-state index contributed by atoms with van der Waals surface area (Å²) in [6.07, 6.45) is 2.50. The molecule has 7 heteroatoms. The summed E-state index contributed by atoms with van der Waals surface area (Å²) in [4.78, 5) is 10.3. The third kappa shape index (κ3) is 2.53. The molecule has 96 valence electrons. The predicted molar refractivity (Wildman–Crippen MR) is 78.7 cm³/mol. The van der Waals surface area contributed by atoms with E-state index >= 15 is 0 Å². The van der Waals surface area contributed by atoms with Gasteiger partial charge in [0.25, 0.3) is 0 Å². The van der Waals surface area contributed by atoms with E-state index in [-0.39, 0.29) is 0 Å². The van der Waals surface area contributed by atoms with Crippen LogP contribution in [-0.4, -0.2) is 25.9 Å². The van der Waals surface area contributed by atoms with Crippen LogP contribution in [0.1, 0.15) is 36.4 Å². The van der Waals surface area contributed by atoms with Gasteiger partial charge in [-0.2, -0.15) is 16.7 Å². The predicted octanol–water partition coefficient (Wildman–Crippen LogP) is 3.72. The summed E-state index contributed by atoms with van der Waals surface area (Å²) >= 11 is 8.66. The second kappa shape index (κ2) is 5.14. The number of nitrogens with one attached hydrogen (secondary N) is 2. The van der Waals surface area contributed by atoms with Gasteiger partial charge in [-0.05, 0) is 30.8 Å². The van der Waals surface area contributed by atoms with Crippen molar-refractivity contribution < 1.29 is 0 Å². The topological polar surface area (TPSA) is 57.4 Å². The normalized spacial score (nSPS) is 15.2. The number of hydrogen-bond acceptors (Lipinski definition) is 5. The standard InChI is InChI=1S/C11H14N4S3/c1-2-17-5-7-12-8(6-3-4-6)9(18-7)10-13-11(16)15-14-10/h6H,2-5H2,1H3,(H2,13,14,15,16). The van der Waals surface area contributed by atoms with Crippen LogP contribution in [-0.2, 0) is 5.75 Å². The van der Waals surface area contributed by atoms with Crippen molar-refractivity contribution in [1.29, 1.82) is 0 Å². The second-order valence-electron chi connectivity index (χ2n) is 4.25. The summed E-state index contributed by atoms with van der Waals surface area (Å²) in [5.41, 5.74) is 1.21. The monoisotopic (exact) mass is 298 g/mol. The van der Waals surface area contributed by atoms with E-state index in [9.17, 15) is 0 Å². The molecule has 18 heavy (non-hydrogen) atoms. The smallest absolute Gasteiger partial charge is 0.213 e. The van der Waals surface area contributed by atoms with Gasteiger partial charge in [0.15, 0.2) is 5.82 Å². The van der Waals surface area contributed by atoms with Crippen LogP contribution >= 0.6 is 35.3 Å². The summed E-state index contributed by atoms with van der Waals surface area (Å²) in [7, 11) is 0. The minimum absolute atomic E-state index is 0.504. The lowest BCUT2D eigenvalue weighted by Crippen LogP contribution is -1.86. The molecule has 0 radical (unpaired) electrons. The summed E-state index contributed by atoms with van der Waals surface area (Å²) in [6.45, 7) is 2.17. The third-order valence-electron chi connectivity index (χ3n) is 2.81. The first-order chi connectivity index (χ1) is 8.78. The number of thiazole rings is 1. The van der Waals surface area contributed by atoms with E-state index in [1.165, 1.54) is 23.5 Å². The summed E-state index contributed by atoms with van der Waals surface area (Å²) in [5.74, 6) is 3.59. The lowest BCUT2D eigenvalue weighted by atomic mass is 10.2. The maximum atomic E-state index is 5.02. The van der Waals surface area contributed by atoms with Gasteiger partial charge in [-0.25, -0.2) is 4.98 Å². The van der Waals surface area contributed by atoms with Gasteiger partial charge in [0.2, 0.25) is 4.77 Å². The molecule has 0 unspecified atom stereocenters. The van der Waals surface area contributed by atoms with Crippen LogP contribution < -0.4 is 0 Å². The van der Waals surface area contributed by atoms with Crippen molar-refractivity contribution in [3.8, 4) is 10.7 Å². The van der Waals surface area contributed by atoms with Gasteiger partial charge in [-0.15, -0.1) is 11.3 Å². The Hall–Kier alpha value is -0.660. The van der Waals surface area contributed by atoms with E-state index in [4.69, 9.17) is 17.2 Å². The molecule has 1 fully saturated rings. The number of thioether (sulfide) groups is 1. The Bertz CT molecular complexity index is 593. The molecule has 0 aliphatic heterocycles. The number of H-pyrrole nitrogens is 2. The van der Waals surface area contributed by atoms with E-state index in [1.54, 1.807) is 11.3 Å². The van der Waals surface area contributed by atoms with Crippen molar-refractivity contribution in [3.05, 3.63) is 15.5 Å². The van der Waals surface area contributed by atoms with Crippen LogP contribution in [0.4, 0.5) is 0 Å². The highest BCUT2D eigenvalue weighted by atomic mass is 32.2. The average Bonchev–Trinajstić information content (AvgIpc) is 2.98. The summed E-state index contributed by atoms with van der Waals surface area (Å²) in [5, 5.41) is 7.09. The van der Waals surface area contributed by atoms with E-state index in [0.717, 1.165) is 22.2 Å². The average molecular weight is 298 g/mol. The molecule has 3 rings (SSSR count). The molecule has 1 aliphatic rings. The fourth-order valence-corrected chi connectivity index (χ4v) is 3.77. The zero-order chi connectivity index (χ0) is 12.5. The van der Waals surface area contributed by atoms with E-state index in [0.29, 0.717) is 10.7 Å². The van der Waals surface area contributed by atoms with Crippen LogP contribution in [0.2, 0.25) is 0 Å². The first-order valence-corrected chi connectivity index (χ1v) is 8.38. The van der Waals surface area contributed by atoms with E-state index < -0.39 is 0 Å². The molecule has 0 aromatic carbocycles. The number of aromatic amines is 2. The molecule has 0 saturated heterocycles. The van der Waals surface area contributed by atoms with E-state index in [2.05, 4.69) is 22.1 Å². The van der Waals surface area contributed by atoms with Crippen LogP contribution in [0.25, 0.3) is 10.7 Å². The highest BCUT2D eigenvalue weighted by Crippen LogP contribution is 2.45. The Labute approximate surface area is 119 Å². The first-order valence-electron chi connectivity index (χ1n) is 6.00. The maximum Gasteiger partial charge on any atom is 0.213 e. The lowest BCUT2D eigenvalue weighted by Gasteiger charge is -1.94. The summed E-state index contributed by atoms with van der Waals surface area (Å²) < 4.78 is 0.504. The third-order valence-corrected chi connectivity index (χ3v) is 5.15. The molecule has 2 N–H and O–H groups in total. The highest BCUT2D eigenvalue weighted by Gasteiger charge is 2.30. The SMILES string of the molecule is CCSCc1nc(C2CC2)c(-c2nc(=S)[nH][nH]2)s1. The Morgan fingerprint density at radius 3 is 2.83 bits per heavy atom. The maximum absolute atomic E-state index is 5.02. The number of aromatic nitrogens is 4. The fourth-order valence-electron chi connectivity index (χ4n) is 1.81. The van der Waals surface area contributed by atoms with E-state index in [1.807, 2.05) is 11.8 Å². The zero-order valence-corrected chi connectivity index (χ0v) is 12.5. The Balaban J connectivity index is 1.95. The van der Waals surface area contributed by atoms with Crippen LogP contribution in [0.15, 0.2) is 0 Å². The van der Waals surface area contributed by atoms with Crippen molar-refractivity contribution in [2.75, 3.05) is 5.75 Å². The number of hydrogen-bond donors (Lipinski definition) is 2. The number of nitrogens with zero attached hydrogens (tertiary/aromatic N) is 2. The van der Waals surface area contributed by atoms with Crippen molar-refractivity contribution in [2.24, 2.45) is 0 Å². The van der Waals surface area contributed by atoms with Crippen LogP contribution in [0, 0.1) is 4.77 Å². The van der Waals surface area contributed by atoms with Crippen molar-refractivity contribution in [1.82, 2.24) is 20.2 Å². The molecule has 0 spiro atoms. The summed E-state index contributed by atoms with van der Waals surface area (Å²) in [6, 6.07) is 0. The van der Waals surface area contributed by atoms with Gasteiger partial charge < -0.3 is 0 Å². The lowest BCUT2D eigenvalue weighted by molar-refractivity contribution is 1.02. The molecule has 0 atom stereocenters. The quantitative estimate of drug-likeness (QED) is 0.826. The Morgan fingerprint density at radius 2 is 2.22 bits per heavy atom. The molecule has 2 aromatic rings. The van der Waals surface area contributed by atoms with Gasteiger partial charge in [0, 0.05) is 11.7 Å². The highest BCUT2D eigenvalue weighted by molar-refractivity contribution is 7.98. The zero-order valence-electron chi connectivity index (χ0n) is 10.0. The molecular weight excluding hydrogens is 284 g/mol.